The molecule has 0 aliphatic heterocycles. The van der Waals surface area contributed by atoms with Crippen molar-refractivity contribution in [3.63, 3.8) is 0 Å². The summed E-state index contributed by atoms with van der Waals surface area (Å²) in [6.45, 7) is 0. The lowest BCUT2D eigenvalue weighted by Crippen LogP contribution is -2.14. The summed E-state index contributed by atoms with van der Waals surface area (Å²) in [5.74, 6) is 0. The van der Waals surface area contributed by atoms with Gasteiger partial charge < -0.3 is 4.89 Å². The third kappa shape index (κ3) is 2.19. The van der Waals surface area contributed by atoms with Crippen molar-refractivity contribution >= 4 is 29.6 Å². The van der Waals surface area contributed by atoms with Crippen molar-refractivity contribution in [2.45, 2.75) is 0 Å². The number of hydrogen-bond acceptors (Lipinski definition) is 1. The van der Waals surface area contributed by atoms with Crippen LogP contribution in [0.4, 0.5) is 0 Å². The molecule has 0 aliphatic rings. The SMILES string of the molecule is O=P(O)(c1ccccc1)c1ccc(Cl)cc1. The van der Waals surface area contributed by atoms with Gasteiger partial charge in [-0.05, 0) is 36.4 Å². The smallest absolute Gasteiger partial charge is 0.258 e. The first-order valence-electron chi connectivity index (χ1n) is 4.75. The Hall–Kier alpha value is -1.08. The van der Waals surface area contributed by atoms with Crippen molar-refractivity contribution in [1.82, 2.24) is 0 Å². The van der Waals surface area contributed by atoms with Crippen molar-refractivity contribution < 1.29 is 9.46 Å². The van der Waals surface area contributed by atoms with E-state index in [-0.39, 0.29) is 0 Å². The van der Waals surface area contributed by atoms with E-state index in [0.717, 1.165) is 0 Å². The zero-order valence-electron chi connectivity index (χ0n) is 8.38. The normalized spacial score (nSPS) is 14.4. The highest BCUT2D eigenvalue weighted by Gasteiger charge is 2.23. The lowest BCUT2D eigenvalue weighted by atomic mass is 10.4. The van der Waals surface area contributed by atoms with Crippen molar-refractivity contribution in [3.05, 3.63) is 59.6 Å². The van der Waals surface area contributed by atoms with E-state index in [2.05, 4.69) is 0 Å². The summed E-state index contributed by atoms with van der Waals surface area (Å²) in [5.41, 5.74) is 0. The fraction of sp³-hybridized carbons (Fsp3) is 0. The summed E-state index contributed by atoms with van der Waals surface area (Å²) in [4.78, 5) is 10.1. The van der Waals surface area contributed by atoms with Gasteiger partial charge in [-0.2, -0.15) is 0 Å². The maximum absolute atomic E-state index is 12.2. The number of rotatable bonds is 2. The van der Waals surface area contributed by atoms with Crippen LogP contribution in [0.5, 0.6) is 0 Å². The third-order valence-electron chi connectivity index (χ3n) is 2.28. The van der Waals surface area contributed by atoms with Gasteiger partial charge in [-0.15, -0.1) is 0 Å². The largest absolute Gasteiger partial charge is 0.338 e. The Bertz CT molecular complexity index is 522. The highest BCUT2D eigenvalue weighted by atomic mass is 35.5. The number of halogens is 1. The molecule has 2 aromatic rings. The average Bonchev–Trinajstić information content (AvgIpc) is 2.31. The van der Waals surface area contributed by atoms with Crippen LogP contribution >= 0.6 is 19.0 Å². The van der Waals surface area contributed by atoms with Crippen LogP contribution < -0.4 is 10.6 Å². The van der Waals surface area contributed by atoms with Gasteiger partial charge in [0, 0.05) is 15.6 Å². The molecular formula is C12H10ClO2P. The van der Waals surface area contributed by atoms with E-state index in [1.54, 1.807) is 48.5 Å². The van der Waals surface area contributed by atoms with Gasteiger partial charge >= 0.3 is 0 Å². The molecule has 1 N–H and O–H groups in total. The summed E-state index contributed by atoms with van der Waals surface area (Å²) in [6, 6.07) is 15.0. The number of hydrogen-bond donors (Lipinski definition) is 1. The minimum absolute atomic E-state index is 0.392. The van der Waals surface area contributed by atoms with E-state index < -0.39 is 7.37 Å². The molecule has 0 radical (unpaired) electrons. The maximum Gasteiger partial charge on any atom is 0.258 e. The van der Waals surface area contributed by atoms with E-state index in [0.29, 0.717) is 15.6 Å². The Morgan fingerprint density at radius 1 is 0.875 bits per heavy atom. The monoisotopic (exact) mass is 252 g/mol. The van der Waals surface area contributed by atoms with Crippen LogP contribution in [0.2, 0.25) is 5.02 Å². The molecule has 0 aliphatic carbocycles. The summed E-state index contributed by atoms with van der Waals surface area (Å²) >= 11 is 5.74. The van der Waals surface area contributed by atoms with E-state index in [1.165, 1.54) is 0 Å². The molecule has 2 nitrogen and oxygen atoms in total. The van der Waals surface area contributed by atoms with Crippen LogP contribution in [0, 0.1) is 0 Å². The minimum atomic E-state index is -3.48. The van der Waals surface area contributed by atoms with Gasteiger partial charge in [-0.25, -0.2) is 0 Å². The molecule has 2 rings (SSSR count). The molecule has 1 atom stereocenters. The minimum Gasteiger partial charge on any atom is -0.338 e. The first kappa shape index (κ1) is 11.4. The van der Waals surface area contributed by atoms with E-state index in [1.807, 2.05) is 6.07 Å². The van der Waals surface area contributed by atoms with Crippen LogP contribution in [0.15, 0.2) is 54.6 Å². The van der Waals surface area contributed by atoms with Crippen LogP contribution in [0.25, 0.3) is 0 Å². The second kappa shape index (κ2) is 4.42. The zero-order chi connectivity index (χ0) is 11.6. The van der Waals surface area contributed by atoms with Crippen molar-refractivity contribution in [3.8, 4) is 0 Å². The van der Waals surface area contributed by atoms with E-state index >= 15 is 0 Å². The Labute approximate surface area is 99.0 Å². The zero-order valence-corrected chi connectivity index (χ0v) is 10.0. The van der Waals surface area contributed by atoms with Gasteiger partial charge in [-0.1, -0.05) is 29.8 Å². The van der Waals surface area contributed by atoms with Crippen LogP contribution in [-0.2, 0) is 4.57 Å². The lowest BCUT2D eigenvalue weighted by molar-refractivity contribution is 0.501. The molecule has 4 heteroatoms. The average molecular weight is 253 g/mol. The van der Waals surface area contributed by atoms with Gasteiger partial charge in [0.15, 0.2) is 0 Å². The highest BCUT2D eigenvalue weighted by molar-refractivity contribution is 7.73. The highest BCUT2D eigenvalue weighted by Crippen LogP contribution is 2.37. The second-order valence-corrected chi connectivity index (χ2v) is 6.01. The first-order valence-corrected chi connectivity index (χ1v) is 6.79. The Kier molecular flexibility index (Phi) is 3.15. The molecule has 0 amide bonds. The lowest BCUT2D eigenvalue weighted by Gasteiger charge is -2.11. The van der Waals surface area contributed by atoms with Crippen LogP contribution in [0.3, 0.4) is 0 Å². The van der Waals surface area contributed by atoms with Gasteiger partial charge in [0.2, 0.25) is 0 Å². The number of benzene rings is 2. The molecule has 1 unspecified atom stereocenters. The fourth-order valence-corrected chi connectivity index (χ4v) is 2.98. The molecule has 0 heterocycles. The quantitative estimate of drug-likeness (QED) is 0.834. The molecule has 0 saturated carbocycles. The first-order chi connectivity index (χ1) is 7.60. The van der Waals surface area contributed by atoms with Crippen molar-refractivity contribution in [2.24, 2.45) is 0 Å². The summed E-state index contributed by atoms with van der Waals surface area (Å²) < 4.78 is 12.2. The van der Waals surface area contributed by atoms with Gasteiger partial charge in [0.05, 0.1) is 0 Å². The molecule has 0 saturated heterocycles. The van der Waals surface area contributed by atoms with Gasteiger partial charge in [0.25, 0.3) is 7.37 Å². The Balaban J connectivity index is 2.47. The summed E-state index contributed by atoms with van der Waals surface area (Å²) in [7, 11) is -3.48. The molecule has 0 fully saturated rings. The van der Waals surface area contributed by atoms with Crippen molar-refractivity contribution in [2.75, 3.05) is 0 Å². The van der Waals surface area contributed by atoms with Gasteiger partial charge in [-0.3, -0.25) is 4.57 Å². The van der Waals surface area contributed by atoms with Crippen LogP contribution in [0.1, 0.15) is 0 Å². The maximum atomic E-state index is 12.2. The topological polar surface area (TPSA) is 37.3 Å². The standard InChI is InChI=1S/C12H10ClO2P/c13-10-6-8-12(9-7-10)16(14,15)11-4-2-1-3-5-11/h1-9H,(H,14,15). The summed E-state index contributed by atoms with van der Waals surface area (Å²) in [5, 5.41) is 1.37. The fourth-order valence-electron chi connectivity index (χ4n) is 1.42. The molecular weight excluding hydrogens is 243 g/mol. The van der Waals surface area contributed by atoms with Crippen LogP contribution in [-0.4, -0.2) is 4.89 Å². The van der Waals surface area contributed by atoms with Crippen molar-refractivity contribution in [1.29, 1.82) is 0 Å². The second-order valence-electron chi connectivity index (χ2n) is 3.39. The predicted molar refractivity (Wildman–Crippen MR) is 67.0 cm³/mol. The molecule has 0 spiro atoms. The molecule has 2 aromatic carbocycles. The Morgan fingerprint density at radius 2 is 1.38 bits per heavy atom. The Morgan fingerprint density at radius 3 is 1.94 bits per heavy atom. The molecule has 0 aromatic heterocycles. The predicted octanol–water partition coefficient (Wildman–Crippen LogP) is 2.56. The van der Waals surface area contributed by atoms with E-state index in [4.69, 9.17) is 11.6 Å². The summed E-state index contributed by atoms with van der Waals surface area (Å²) in [6.07, 6.45) is 0. The molecule has 16 heavy (non-hydrogen) atoms. The molecule has 82 valence electrons. The van der Waals surface area contributed by atoms with E-state index in [9.17, 15) is 9.46 Å². The third-order valence-corrected chi connectivity index (χ3v) is 4.53. The van der Waals surface area contributed by atoms with Gasteiger partial charge in [0.1, 0.15) is 0 Å². The molecule has 0 bridgehead atoms.